The first-order valence-electron chi connectivity index (χ1n) is 6.35. The van der Waals surface area contributed by atoms with Crippen LogP contribution in [-0.2, 0) is 4.74 Å². The molecule has 0 bridgehead atoms. The molecule has 1 amide bonds. The van der Waals surface area contributed by atoms with Crippen LogP contribution in [0.1, 0.15) is 37.0 Å². The van der Waals surface area contributed by atoms with E-state index in [0.717, 1.165) is 19.4 Å². The third kappa shape index (κ3) is 5.68. The molecule has 0 radical (unpaired) electrons. The second-order valence-corrected chi connectivity index (χ2v) is 4.51. The van der Waals surface area contributed by atoms with Gasteiger partial charge in [-0.15, -0.1) is 0 Å². The van der Waals surface area contributed by atoms with E-state index in [1.54, 1.807) is 24.3 Å². The minimum absolute atomic E-state index is 0.0768. The molecule has 0 spiro atoms. The summed E-state index contributed by atoms with van der Waals surface area (Å²) >= 11 is 0. The van der Waals surface area contributed by atoms with Crippen LogP contribution in [0.4, 0.5) is 5.69 Å². The SMILES string of the molecule is CC(C)OCCCCNC(=O)c1cccc(N)c1. The van der Waals surface area contributed by atoms with E-state index in [-0.39, 0.29) is 12.0 Å². The molecule has 1 rings (SSSR count). The number of nitrogens with two attached hydrogens (primary N) is 1. The number of benzene rings is 1. The summed E-state index contributed by atoms with van der Waals surface area (Å²) in [5.74, 6) is -0.0768. The van der Waals surface area contributed by atoms with Gasteiger partial charge in [-0.1, -0.05) is 6.07 Å². The van der Waals surface area contributed by atoms with Crippen LogP contribution in [-0.4, -0.2) is 25.2 Å². The van der Waals surface area contributed by atoms with Crippen LogP contribution in [0.15, 0.2) is 24.3 Å². The molecule has 1 aromatic rings. The predicted octanol–water partition coefficient (Wildman–Crippen LogP) is 2.20. The molecule has 4 nitrogen and oxygen atoms in total. The first kappa shape index (κ1) is 14.5. The topological polar surface area (TPSA) is 64.3 Å². The molecule has 0 fully saturated rings. The zero-order valence-electron chi connectivity index (χ0n) is 11.1. The Morgan fingerprint density at radius 1 is 1.39 bits per heavy atom. The number of hydrogen-bond donors (Lipinski definition) is 2. The first-order chi connectivity index (χ1) is 8.59. The number of nitrogens with one attached hydrogen (secondary N) is 1. The van der Waals surface area contributed by atoms with E-state index in [4.69, 9.17) is 10.5 Å². The third-order valence-electron chi connectivity index (χ3n) is 2.46. The van der Waals surface area contributed by atoms with Crippen LogP contribution in [0.2, 0.25) is 0 Å². The third-order valence-corrected chi connectivity index (χ3v) is 2.46. The minimum Gasteiger partial charge on any atom is -0.399 e. The van der Waals surface area contributed by atoms with Crippen LogP contribution in [0, 0.1) is 0 Å². The maximum atomic E-state index is 11.7. The number of hydrogen-bond acceptors (Lipinski definition) is 3. The maximum absolute atomic E-state index is 11.7. The highest BCUT2D eigenvalue weighted by Gasteiger charge is 2.04. The largest absolute Gasteiger partial charge is 0.399 e. The number of carbonyl (C=O) groups excluding carboxylic acids is 1. The number of carbonyl (C=O) groups is 1. The van der Waals surface area contributed by atoms with Gasteiger partial charge in [0.25, 0.3) is 5.91 Å². The Balaban J connectivity index is 2.18. The Kier molecular flexibility index (Phi) is 6.22. The zero-order chi connectivity index (χ0) is 13.4. The van der Waals surface area contributed by atoms with Crippen molar-refractivity contribution in [3.63, 3.8) is 0 Å². The summed E-state index contributed by atoms with van der Waals surface area (Å²) in [5.41, 5.74) is 6.83. The molecule has 100 valence electrons. The van der Waals surface area contributed by atoms with Crippen molar-refractivity contribution in [1.82, 2.24) is 5.32 Å². The van der Waals surface area contributed by atoms with Crippen LogP contribution in [0.3, 0.4) is 0 Å². The number of unbranched alkanes of at least 4 members (excludes halogenated alkanes) is 1. The summed E-state index contributed by atoms with van der Waals surface area (Å²) in [6.45, 7) is 5.43. The van der Waals surface area contributed by atoms with Gasteiger partial charge in [0.1, 0.15) is 0 Å². The molecule has 0 aromatic heterocycles. The molecule has 18 heavy (non-hydrogen) atoms. The summed E-state index contributed by atoms with van der Waals surface area (Å²) in [6.07, 6.45) is 2.14. The van der Waals surface area contributed by atoms with Gasteiger partial charge in [-0.2, -0.15) is 0 Å². The van der Waals surface area contributed by atoms with Gasteiger partial charge in [-0.25, -0.2) is 0 Å². The van der Waals surface area contributed by atoms with Gasteiger partial charge in [-0.3, -0.25) is 4.79 Å². The lowest BCUT2D eigenvalue weighted by Gasteiger charge is -2.08. The van der Waals surface area contributed by atoms with Gasteiger partial charge in [-0.05, 0) is 44.9 Å². The van der Waals surface area contributed by atoms with E-state index >= 15 is 0 Å². The Labute approximate surface area is 109 Å². The number of rotatable bonds is 7. The Hall–Kier alpha value is -1.55. The van der Waals surface area contributed by atoms with E-state index in [2.05, 4.69) is 5.32 Å². The van der Waals surface area contributed by atoms with Crippen molar-refractivity contribution >= 4 is 11.6 Å². The van der Waals surface area contributed by atoms with E-state index in [9.17, 15) is 4.79 Å². The molecule has 0 aliphatic rings. The summed E-state index contributed by atoms with van der Waals surface area (Å²) in [6, 6.07) is 6.98. The summed E-state index contributed by atoms with van der Waals surface area (Å²) < 4.78 is 5.42. The molecule has 0 heterocycles. The maximum Gasteiger partial charge on any atom is 0.251 e. The Morgan fingerprint density at radius 2 is 2.17 bits per heavy atom. The Morgan fingerprint density at radius 3 is 2.83 bits per heavy atom. The van der Waals surface area contributed by atoms with Gasteiger partial charge >= 0.3 is 0 Å². The van der Waals surface area contributed by atoms with Gasteiger partial charge in [0.05, 0.1) is 6.10 Å². The van der Waals surface area contributed by atoms with Crippen molar-refractivity contribution in [3.05, 3.63) is 29.8 Å². The summed E-state index contributed by atoms with van der Waals surface area (Å²) in [5, 5.41) is 2.86. The second-order valence-electron chi connectivity index (χ2n) is 4.51. The highest BCUT2D eigenvalue weighted by atomic mass is 16.5. The smallest absolute Gasteiger partial charge is 0.251 e. The number of anilines is 1. The molecule has 0 atom stereocenters. The van der Waals surface area contributed by atoms with Gasteiger partial charge < -0.3 is 15.8 Å². The molecule has 0 aliphatic heterocycles. The lowest BCUT2D eigenvalue weighted by molar-refractivity contribution is 0.0754. The fourth-order valence-corrected chi connectivity index (χ4v) is 1.53. The van der Waals surface area contributed by atoms with Gasteiger partial charge in [0.2, 0.25) is 0 Å². The second kappa shape index (κ2) is 7.71. The van der Waals surface area contributed by atoms with Crippen LogP contribution >= 0.6 is 0 Å². The van der Waals surface area contributed by atoms with Crippen molar-refractivity contribution in [2.24, 2.45) is 0 Å². The van der Waals surface area contributed by atoms with E-state index in [1.807, 2.05) is 13.8 Å². The molecule has 0 saturated carbocycles. The number of nitrogen functional groups attached to an aromatic ring is 1. The number of ether oxygens (including phenoxy) is 1. The standard InChI is InChI=1S/C14H22N2O2/c1-11(2)18-9-4-3-8-16-14(17)12-6-5-7-13(15)10-12/h5-7,10-11H,3-4,8-9,15H2,1-2H3,(H,16,17). The van der Waals surface area contributed by atoms with E-state index < -0.39 is 0 Å². The van der Waals surface area contributed by atoms with E-state index in [1.165, 1.54) is 0 Å². The van der Waals surface area contributed by atoms with Crippen molar-refractivity contribution in [2.45, 2.75) is 32.8 Å². The monoisotopic (exact) mass is 250 g/mol. The summed E-state index contributed by atoms with van der Waals surface area (Å²) in [4.78, 5) is 11.7. The average Bonchev–Trinajstić information content (AvgIpc) is 2.33. The quantitative estimate of drug-likeness (QED) is 0.576. The zero-order valence-corrected chi connectivity index (χ0v) is 11.1. The lowest BCUT2D eigenvalue weighted by atomic mass is 10.2. The molecule has 1 aromatic carbocycles. The first-order valence-corrected chi connectivity index (χ1v) is 6.35. The highest BCUT2D eigenvalue weighted by Crippen LogP contribution is 2.06. The molecule has 0 aliphatic carbocycles. The molecule has 3 N–H and O–H groups in total. The Bertz CT molecular complexity index is 378. The van der Waals surface area contributed by atoms with Crippen LogP contribution in [0.25, 0.3) is 0 Å². The van der Waals surface area contributed by atoms with Crippen molar-refractivity contribution in [1.29, 1.82) is 0 Å². The van der Waals surface area contributed by atoms with Crippen LogP contribution < -0.4 is 11.1 Å². The number of amides is 1. The van der Waals surface area contributed by atoms with Crippen LogP contribution in [0.5, 0.6) is 0 Å². The van der Waals surface area contributed by atoms with Crippen molar-refractivity contribution in [2.75, 3.05) is 18.9 Å². The molecular formula is C14H22N2O2. The van der Waals surface area contributed by atoms with Crippen molar-refractivity contribution < 1.29 is 9.53 Å². The minimum atomic E-state index is -0.0768. The van der Waals surface area contributed by atoms with Gasteiger partial charge in [0, 0.05) is 24.4 Å². The summed E-state index contributed by atoms with van der Waals surface area (Å²) in [7, 11) is 0. The molecular weight excluding hydrogens is 228 g/mol. The molecule has 0 saturated heterocycles. The fraction of sp³-hybridized carbons (Fsp3) is 0.500. The lowest BCUT2D eigenvalue weighted by Crippen LogP contribution is -2.24. The van der Waals surface area contributed by atoms with Gasteiger partial charge in [0.15, 0.2) is 0 Å². The average molecular weight is 250 g/mol. The molecule has 4 heteroatoms. The highest BCUT2D eigenvalue weighted by molar-refractivity contribution is 5.94. The van der Waals surface area contributed by atoms with Crippen molar-refractivity contribution in [3.8, 4) is 0 Å². The molecule has 0 unspecified atom stereocenters. The predicted molar refractivity (Wildman–Crippen MR) is 73.5 cm³/mol. The van der Waals surface area contributed by atoms with E-state index in [0.29, 0.717) is 17.8 Å². The normalized spacial score (nSPS) is 10.6. The fourth-order valence-electron chi connectivity index (χ4n) is 1.53.